The van der Waals surface area contributed by atoms with Gasteiger partial charge in [0.15, 0.2) is 25.0 Å². The number of carbonyl (C=O) groups is 4. The van der Waals surface area contributed by atoms with E-state index < -0.39 is 134 Å². The average molecular weight is 1070 g/mol. The van der Waals surface area contributed by atoms with Crippen LogP contribution in [0.1, 0.15) is 78.4 Å². The van der Waals surface area contributed by atoms with Crippen molar-refractivity contribution < 1.29 is 66.5 Å². The van der Waals surface area contributed by atoms with Gasteiger partial charge in [0.1, 0.15) is 37.1 Å². The van der Waals surface area contributed by atoms with E-state index in [0.717, 1.165) is 25.0 Å². The highest BCUT2D eigenvalue weighted by molar-refractivity contribution is 5.68. The van der Waals surface area contributed by atoms with Gasteiger partial charge in [0, 0.05) is 57.8 Å². The normalized spacial score (nSPS) is 31.8. The predicted octanol–water partition coefficient (Wildman–Crippen LogP) is 8.60. The van der Waals surface area contributed by atoms with E-state index in [9.17, 15) is 46.8 Å². The van der Waals surface area contributed by atoms with Crippen molar-refractivity contribution in [3.8, 4) is 0 Å². The van der Waals surface area contributed by atoms with Gasteiger partial charge in [-0.2, -0.15) is 0 Å². The van der Waals surface area contributed by atoms with Gasteiger partial charge in [-0.3, -0.25) is 19.3 Å². The quantitative estimate of drug-likeness (QED) is 0.0350. The summed E-state index contributed by atoms with van der Waals surface area (Å²) in [5.74, 6) is -3.19. The molecule has 3 saturated heterocycles. The lowest BCUT2D eigenvalue weighted by Gasteiger charge is -2.47. The lowest BCUT2D eigenvalue weighted by Crippen LogP contribution is -2.62. The van der Waals surface area contributed by atoms with Crippen LogP contribution in [0.25, 0.3) is 52.2 Å². The first-order valence-electron chi connectivity index (χ1n) is 24.8. The average Bonchev–Trinajstić information content (AvgIpc) is 3.79. The molecular formula is C47H60N16O14. The largest absolute Gasteiger partial charge is 0.459 e. The Labute approximate surface area is 440 Å². The number of benzene rings is 2. The molecule has 2 aromatic carbocycles. The summed E-state index contributed by atoms with van der Waals surface area (Å²) in [6, 6.07) is 12.8. The zero-order valence-corrected chi connectivity index (χ0v) is 43.0. The zero-order chi connectivity index (χ0) is 55.6. The van der Waals surface area contributed by atoms with E-state index in [4.69, 9.17) is 47.4 Å². The van der Waals surface area contributed by atoms with Gasteiger partial charge in [0.25, 0.3) is 0 Å². The summed E-state index contributed by atoms with van der Waals surface area (Å²) in [4.78, 5) is 68.5. The van der Waals surface area contributed by atoms with Gasteiger partial charge in [0.2, 0.25) is 0 Å². The Morgan fingerprint density at radius 1 is 0.623 bits per heavy atom. The van der Waals surface area contributed by atoms with Crippen molar-refractivity contribution in [1.29, 1.82) is 0 Å². The van der Waals surface area contributed by atoms with Crippen LogP contribution in [-0.2, 0) is 74.9 Å². The number of rotatable bonds is 22. The Balaban J connectivity index is 1.37. The van der Waals surface area contributed by atoms with Gasteiger partial charge in [-0.15, -0.1) is 0 Å². The third-order valence-electron chi connectivity index (χ3n) is 13.5. The number of hydrogen-bond acceptors (Lipinski definition) is 19. The standard InChI is InChI=1S/C47H60N16O14/c1-7-34-41(76-45-37(57-62-52)24(2)38(69-26(4)64)36(74-45)21-53-58-48)43(71-28(6)66)46(72-34)77-42-39(70-27(5)65)32(55-60-50)20-33(56-61-51)40(42)75-44-31(54-59-49)18-19-35(73-44)25(3)63(22-29-14-10-8-11-15-29)47(67)68-23-30-16-12-9-13-17-30/h8-17,24-25,31-46H,7,18-23H2,1-6H3/t24-,25-,31-,32-,33+,34-,35+,36+,37-,38+,39+,40-,41-,42-,43-,44-,45-,46+/m1/s1. The first-order chi connectivity index (χ1) is 37.1. The molecule has 0 radical (unpaired) electrons. The highest BCUT2D eigenvalue weighted by Crippen LogP contribution is 2.41. The van der Waals surface area contributed by atoms with E-state index in [2.05, 4.69) is 50.1 Å². The SMILES string of the molecule is CC[C@H]1O[C@@H](O[C@@H]2[C@@H](OC(C)=O)[C@H](N=[N+]=[N-])C[C@H](N=[N+]=[N-])[C@H]2O[C@H]2O[C@H]([C@@H](C)N(Cc3ccccc3)C(=O)OCc3ccccc3)CC[C@H]2N=[N+]=[N-])[C@H](OC(C)=O)[C@@H]1O[C@H]1O[C@@H](CN=[N+]=[N-])[C@@H](OC(C)=O)[C@H](C)[C@H]1N=[N+]=[N-]. The molecule has 6 rings (SSSR count). The second kappa shape index (κ2) is 28.5. The van der Waals surface area contributed by atoms with Crippen molar-refractivity contribution in [1.82, 2.24) is 4.90 Å². The fourth-order valence-corrected chi connectivity index (χ4v) is 9.93. The monoisotopic (exact) mass is 1070 g/mol. The summed E-state index contributed by atoms with van der Waals surface area (Å²) in [5.41, 5.74) is 50.0. The third kappa shape index (κ3) is 15.3. The van der Waals surface area contributed by atoms with Crippen molar-refractivity contribution in [2.75, 3.05) is 6.54 Å². The molecule has 4 fully saturated rings. The van der Waals surface area contributed by atoms with E-state index in [1.807, 2.05) is 60.7 Å². The number of hydrogen-bond donors (Lipinski definition) is 0. The second-order valence-electron chi connectivity index (χ2n) is 18.6. The van der Waals surface area contributed by atoms with E-state index in [1.54, 1.807) is 20.8 Å². The second-order valence-corrected chi connectivity index (χ2v) is 18.6. The van der Waals surface area contributed by atoms with E-state index in [1.165, 1.54) is 11.8 Å². The number of carbonyl (C=O) groups excluding carboxylic acids is 4. The van der Waals surface area contributed by atoms with Gasteiger partial charge in [-0.25, -0.2) is 4.79 Å². The fraction of sp³-hybridized carbons (Fsp3) is 0.660. The molecule has 1 amide bonds. The summed E-state index contributed by atoms with van der Waals surface area (Å²) >= 11 is 0. The number of nitrogens with zero attached hydrogens (tertiary/aromatic N) is 16. The lowest BCUT2D eigenvalue weighted by atomic mass is 9.83. The van der Waals surface area contributed by atoms with Gasteiger partial charge < -0.3 is 47.4 Å². The van der Waals surface area contributed by atoms with Crippen LogP contribution in [0.15, 0.2) is 86.2 Å². The molecule has 3 heterocycles. The molecule has 0 unspecified atom stereocenters. The minimum absolute atomic E-state index is 0.0196. The molecule has 18 atom stereocenters. The minimum atomic E-state index is -1.66. The molecule has 3 aliphatic heterocycles. The maximum Gasteiger partial charge on any atom is 0.410 e. The zero-order valence-electron chi connectivity index (χ0n) is 43.0. The Bertz CT molecular complexity index is 2600. The molecule has 1 aliphatic carbocycles. The molecule has 30 nitrogen and oxygen atoms in total. The summed E-state index contributed by atoms with van der Waals surface area (Å²) in [7, 11) is 0. The number of amides is 1. The molecular weight excluding hydrogens is 1010 g/mol. The van der Waals surface area contributed by atoms with E-state index >= 15 is 0 Å². The molecule has 4 aliphatic rings. The number of azide groups is 5. The van der Waals surface area contributed by atoms with Crippen LogP contribution in [0.4, 0.5) is 4.79 Å². The van der Waals surface area contributed by atoms with Crippen LogP contribution in [0, 0.1) is 5.92 Å². The van der Waals surface area contributed by atoms with E-state index in [0.29, 0.717) is 0 Å². The molecule has 0 N–H and O–H groups in total. The van der Waals surface area contributed by atoms with Crippen LogP contribution in [0.5, 0.6) is 0 Å². The first-order valence-corrected chi connectivity index (χ1v) is 24.8. The van der Waals surface area contributed by atoms with Crippen LogP contribution in [0.2, 0.25) is 0 Å². The summed E-state index contributed by atoms with van der Waals surface area (Å²) < 4.78 is 62.3. The summed E-state index contributed by atoms with van der Waals surface area (Å²) in [6.45, 7) is 8.21. The molecule has 2 aromatic rings. The molecule has 412 valence electrons. The first kappa shape index (κ1) is 58.7. The highest BCUT2D eigenvalue weighted by Gasteiger charge is 2.57. The Morgan fingerprint density at radius 2 is 1.17 bits per heavy atom. The van der Waals surface area contributed by atoms with Crippen molar-refractivity contribution in [3.05, 3.63) is 124 Å². The van der Waals surface area contributed by atoms with Crippen molar-refractivity contribution >= 4 is 24.0 Å². The van der Waals surface area contributed by atoms with Gasteiger partial charge in [-0.05, 0) is 71.4 Å². The van der Waals surface area contributed by atoms with E-state index in [-0.39, 0.29) is 45.4 Å². The molecule has 77 heavy (non-hydrogen) atoms. The number of esters is 3. The fourth-order valence-electron chi connectivity index (χ4n) is 9.93. The van der Waals surface area contributed by atoms with Gasteiger partial charge in [0.05, 0.1) is 55.1 Å². The van der Waals surface area contributed by atoms with Crippen LogP contribution in [0.3, 0.4) is 0 Å². The molecule has 0 aromatic heterocycles. The Kier molecular flexibility index (Phi) is 21.7. The predicted molar refractivity (Wildman–Crippen MR) is 264 cm³/mol. The Hall–Kier alpha value is -7.57. The highest BCUT2D eigenvalue weighted by atomic mass is 16.8. The van der Waals surface area contributed by atoms with Crippen molar-refractivity contribution in [2.24, 2.45) is 31.5 Å². The third-order valence-corrected chi connectivity index (χ3v) is 13.5. The van der Waals surface area contributed by atoms with Crippen LogP contribution >= 0.6 is 0 Å². The summed E-state index contributed by atoms with van der Waals surface area (Å²) in [5, 5.41) is 19.4. The maximum absolute atomic E-state index is 14.0. The molecule has 0 bridgehead atoms. The topological polar surface area (TPSA) is 408 Å². The molecule has 1 saturated carbocycles. The maximum atomic E-state index is 14.0. The Morgan fingerprint density at radius 3 is 1.77 bits per heavy atom. The van der Waals surface area contributed by atoms with Crippen molar-refractivity contribution in [3.63, 3.8) is 0 Å². The van der Waals surface area contributed by atoms with Gasteiger partial charge in [-0.1, -0.05) is 100 Å². The summed E-state index contributed by atoms with van der Waals surface area (Å²) in [6.07, 6.45) is -16.5. The molecule has 30 heteroatoms. The van der Waals surface area contributed by atoms with Crippen molar-refractivity contribution in [2.45, 2.75) is 184 Å². The smallest absolute Gasteiger partial charge is 0.410 e. The van der Waals surface area contributed by atoms with Crippen LogP contribution in [-0.4, -0.2) is 139 Å². The molecule has 0 spiro atoms. The van der Waals surface area contributed by atoms with Gasteiger partial charge >= 0.3 is 24.0 Å². The lowest BCUT2D eigenvalue weighted by molar-refractivity contribution is -0.293. The number of ether oxygens (including phenoxy) is 10. The minimum Gasteiger partial charge on any atom is -0.459 e. The van der Waals surface area contributed by atoms with Crippen LogP contribution < -0.4 is 0 Å².